The Morgan fingerprint density at radius 1 is 1.22 bits per heavy atom. The minimum absolute atomic E-state index is 0.0438. The highest BCUT2D eigenvalue weighted by atomic mass is 33.1. The second-order valence-corrected chi connectivity index (χ2v) is 13.9. The van der Waals surface area contributed by atoms with Crippen LogP contribution in [-0.2, 0) is 9.36 Å². The Labute approximate surface area is 118 Å². The topological polar surface area (TPSA) is 57.6 Å². The minimum Gasteiger partial charge on any atom is -0.480 e. The van der Waals surface area contributed by atoms with Crippen LogP contribution in [0.1, 0.15) is 34.6 Å². The summed E-state index contributed by atoms with van der Waals surface area (Å²) >= 11 is 2.97. The molecule has 0 heterocycles. The van der Waals surface area contributed by atoms with Crippen molar-refractivity contribution in [3.63, 3.8) is 0 Å². The summed E-state index contributed by atoms with van der Waals surface area (Å²) < 4.78 is 12.9. The molecule has 0 bridgehead atoms. The highest BCUT2D eigenvalue weighted by Gasteiger charge is 2.29. The summed E-state index contributed by atoms with van der Waals surface area (Å²) in [5, 5.41) is 9.40. The van der Waals surface area contributed by atoms with E-state index >= 15 is 0 Å². The number of likely N-dealkylation sites (N-methyl/N-ethyl adjacent to an activating group) is 1. The van der Waals surface area contributed by atoms with E-state index in [4.69, 9.17) is 5.11 Å². The molecule has 0 aromatic rings. The molecular weight excluding hydrogens is 289 g/mol. The van der Waals surface area contributed by atoms with Crippen LogP contribution in [0.3, 0.4) is 0 Å². The fraction of sp³-hybridized carbons (Fsp3) is 0.909. The number of hydrogen-bond acceptors (Lipinski definition) is 5. The number of nitrogens with zero attached hydrogens (tertiary/aromatic N) is 1. The van der Waals surface area contributed by atoms with E-state index in [1.165, 1.54) is 22.8 Å². The summed E-state index contributed by atoms with van der Waals surface area (Å²) in [5.41, 5.74) is -2.46. The zero-order valence-electron chi connectivity index (χ0n) is 11.8. The van der Waals surface area contributed by atoms with Gasteiger partial charge in [0.2, 0.25) is 5.55 Å². The third-order valence-corrected chi connectivity index (χ3v) is 10.9. The molecule has 0 atom stereocenters. The molecule has 0 radical (unpaired) electrons. The van der Waals surface area contributed by atoms with Crippen molar-refractivity contribution in [1.82, 2.24) is 4.90 Å². The van der Waals surface area contributed by atoms with E-state index < -0.39 is 11.5 Å². The number of carboxylic acid groups (broad SMARTS) is 1. The van der Waals surface area contributed by atoms with Crippen LogP contribution in [0, 0.1) is 0 Å². The van der Waals surface area contributed by atoms with Crippen LogP contribution in [0.4, 0.5) is 0 Å². The molecule has 0 fully saturated rings. The summed E-state index contributed by atoms with van der Waals surface area (Å²) in [6.07, 6.45) is 0.363. The van der Waals surface area contributed by atoms with Crippen LogP contribution in [0.25, 0.3) is 0 Å². The van der Waals surface area contributed by atoms with Crippen LogP contribution < -0.4 is 0 Å². The van der Waals surface area contributed by atoms with E-state index in [1.807, 2.05) is 34.6 Å². The van der Waals surface area contributed by atoms with Crippen molar-refractivity contribution < 1.29 is 14.5 Å². The van der Waals surface area contributed by atoms with Gasteiger partial charge in [0.15, 0.2) is 0 Å². The molecule has 0 aliphatic heterocycles. The minimum atomic E-state index is -2.46. The lowest BCUT2D eigenvalue weighted by Crippen LogP contribution is -2.30. The molecule has 0 amide bonds. The third-order valence-electron chi connectivity index (χ3n) is 1.92. The number of aliphatic carboxylic acids is 1. The van der Waals surface area contributed by atoms with Gasteiger partial charge in [0, 0.05) is 10.5 Å². The van der Waals surface area contributed by atoms with E-state index in [0.29, 0.717) is 12.8 Å². The molecular formula is C11H24NO3PS2. The Kier molecular flexibility index (Phi) is 8.69. The summed E-state index contributed by atoms with van der Waals surface area (Å²) in [6.45, 7) is 10.5. The third kappa shape index (κ3) is 8.46. The average molecular weight is 313 g/mol. The van der Waals surface area contributed by atoms with Gasteiger partial charge in [0.05, 0.1) is 12.8 Å². The molecule has 0 aliphatic carbocycles. The van der Waals surface area contributed by atoms with Crippen LogP contribution in [-0.4, -0.2) is 45.9 Å². The Balaban J connectivity index is 4.74. The maximum absolute atomic E-state index is 12.9. The molecule has 4 nitrogen and oxygen atoms in total. The maximum Gasteiger partial charge on any atom is 0.317 e. The standard InChI is InChI=1S/C11H24NO3PS2/c1-6-12(7-11(13)14)8-16(15,17-9(2)3)18-10(4)5/h9-10H,6-8H2,1-5H3,(H,13,14). The molecule has 1 N–H and O–H groups in total. The van der Waals surface area contributed by atoms with Crippen molar-refractivity contribution >= 4 is 34.3 Å². The number of carbonyl (C=O) groups is 1. The van der Waals surface area contributed by atoms with Gasteiger partial charge in [-0.05, 0) is 6.54 Å². The van der Waals surface area contributed by atoms with Gasteiger partial charge < -0.3 is 5.11 Å². The number of rotatable bonds is 9. The first-order chi connectivity index (χ1) is 8.18. The van der Waals surface area contributed by atoms with E-state index in [-0.39, 0.29) is 17.0 Å². The SMILES string of the molecule is CCN(CC(=O)O)CP(=O)(SC(C)C)SC(C)C. The molecule has 0 aromatic heterocycles. The van der Waals surface area contributed by atoms with Gasteiger partial charge >= 0.3 is 5.97 Å². The smallest absolute Gasteiger partial charge is 0.317 e. The molecule has 0 aromatic carbocycles. The molecule has 0 saturated carbocycles. The monoisotopic (exact) mass is 313 g/mol. The number of hydrogen-bond donors (Lipinski definition) is 1. The molecule has 7 heteroatoms. The second-order valence-electron chi connectivity index (χ2n) is 4.60. The first kappa shape index (κ1) is 18.4. The Morgan fingerprint density at radius 2 is 1.67 bits per heavy atom. The van der Waals surface area contributed by atoms with Gasteiger partial charge in [-0.15, -0.1) is 0 Å². The second kappa shape index (κ2) is 8.51. The van der Waals surface area contributed by atoms with Crippen molar-refractivity contribution in [3.05, 3.63) is 0 Å². The van der Waals surface area contributed by atoms with Crippen LogP contribution in [0.2, 0.25) is 0 Å². The van der Waals surface area contributed by atoms with Crippen molar-refractivity contribution in [2.45, 2.75) is 45.1 Å². The fourth-order valence-corrected chi connectivity index (χ4v) is 12.6. The largest absolute Gasteiger partial charge is 0.480 e. The van der Waals surface area contributed by atoms with Gasteiger partial charge in [-0.25, -0.2) is 0 Å². The summed E-state index contributed by atoms with van der Waals surface area (Å²) in [5.74, 6) is -0.868. The molecule has 108 valence electrons. The Hall–Kier alpha value is 0.360. The van der Waals surface area contributed by atoms with Crippen molar-refractivity contribution in [2.24, 2.45) is 0 Å². The van der Waals surface area contributed by atoms with Crippen molar-refractivity contribution in [3.8, 4) is 0 Å². The highest BCUT2D eigenvalue weighted by Crippen LogP contribution is 2.71. The molecule has 0 rings (SSSR count). The Bertz CT molecular complexity index is 297. The highest BCUT2D eigenvalue weighted by molar-refractivity contribution is 8.90. The van der Waals surface area contributed by atoms with Crippen LogP contribution >= 0.6 is 28.3 Å². The molecule has 0 unspecified atom stereocenters. The van der Waals surface area contributed by atoms with Gasteiger partial charge in [-0.3, -0.25) is 14.3 Å². The maximum atomic E-state index is 12.9. The van der Waals surface area contributed by atoms with Gasteiger partial charge in [0.1, 0.15) is 0 Å². The van der Waals surface area contributed by atoms with E-state index in [1.54, 1.807) is 4.90 Å². The van der Waals surface area contributed by atoms with Crippen molar-refractivity contribution in [1.29, 1.82) is 0 Å². The first-order valence-corrected chi connectivity index (χ1v) is 10.9. The predicted octanol–water partition coefficient (Wildman–Crippen LogP) is 3.83. The fourth-order valence-electron chi connectivity index (χ4n) is 1.43. The zero-order valence-corrected chi connectivity index (χ0v) is 14.3. The summed E-state index contributed by atoms with van der Waals surface area (Å²) in [6, 6.07) is 0. The van der Waals surface area contributed by atoms with Gasteiger partial charge in [-0.1, -0.05) is 57.4 Å². The zero-order chi connectivity index (χ0) is 14.3. The lowest BCUT2D eigenvalue weighted by atomic mass is 10.5. The van der Waals surface area contributed by atoms with E-state index in [9.17, 15) is 9.36 Å². The summed E-state index contributed by atoms with van der Waals surface area (Å²) in [4.78, 5) is 12.5. The molecule has 0 aliphatic rings. The Morgan fingerprint density at radius 3 is 1.94 bits per heavy atom. The predicted molar refractivity (Wildman–Crippen MR) is 82.8 cm³/mol. The molecule has 0 spiro atoms. The van der Waals surface area contributed by atoms with E-state index in [2.05, 4.69) is 0 Å². The lowest BCUT2D eigenvalue weighted by Gasteiger charge is -2.26. The van der Waals surface area contributed by atoms with Gasteiger partial charge in [-0.2, -0.15) is 0 Å². The number of carboxylic acids is 1. The van der Waals surface area contributed by atoms with E-state index in [0.717, 1.165) is 0 Å². The average Bonchev–Trinajstić information content (AvgIpc) is 2.12. The quantitative estimate of drug-likeness (QED) is 0.653. The lowest BCUT2D eigenvalue weighted by molar-refractivity contribution is -0.138. The van der Waals surface area contributed by atoms with Crippen molar-refractivity contribution in [2.75, 3.05) is 19.4 Å². The van der Waals surface area contributed by atoms with Gasteiger partial charge in [0.25, 0.3) is 0 Å². The molecule has 18 heavy (non-hydrogen) atoms. The first-order valence-electron chi connectivity index (χ1n) is 6.08. The molecule has 0 saturated heterocycles. The summed E-state index contributed by atoms with van der Waals surface area (Å²) in [7, 11) is 0. The van der Waals surface area contributed by atoms with Crippen LogP contribution in [0.15, 0.2) is 0 Å². The normalized spacial score (nSPS) is 12.7. The van der Waals surface area contributed by atoms with Crippen LogP contribution in [0.5, 0.6) is 0 Å².